The maximum atomic E-state index is 13.7. The molecule has 194 valence electrons. The normalized spacial score (nSPS) is 12.9. The fraction of sp³-hybridized carbons (Fsp3) is 0.630. The van der Waals surface area contributed by atoms with Gasteiger partial charge in [0.05, 0.1) is 6.07 Å². The maximum absolute atomic E-state index is 13.7. The molecular formula is C27H42N4O4. The Kier molecular flexibility index (Phi) is 12.3. The monoisotopic (exact) mass is 486 g/mol. The predicted molar refractivity (Wildman–Crippen MR) is 136 cm³/mol. The van der Waals surface area contributed by atoms with Crippen LogP contribution < -0.4 is 10.6 Å². The lowest BCUT2D eigenvalue weighted by molar-refractivity contribution is -0.142. The van der Waals surface area contributed by atoms with E-state index in [1.54, 1.807) is 34.6 Å². The quantitative estimate of drug-likeness (QED) is 0.334. The van der Waals surface area contributed by atoms with Gasteiger partial charge < -0.3 is 20.3 Å². The van der Waals surface area contributed by atoms with Crippen LogP contribution in [0.2, 0.25) is 0 Å². The van der Waals surface area contributed by atoms with E-state index < -0.39 is 29.7 Å². The van der Waals surface area contributed by atoms with Crippen molar-refractivity contribution in [3.63, 3.8) is 0 Å². The number of ether oxygens (including phenoxy) is 1. The van der Waals surface area contributed by atoms with E-state index in [2.05, 4.69) is 17.6 Å². The zero-order chi connectivity index (χ0) is 26.6. The van der Waals surface area contributed by atoms with Gasteiger partial charge in [0.15, 0.2) is 0 Å². The molecule has 0 saturated heterocycles. The smallest absolute Gasteiger partial charge is 0.408 e. The van der Waals surface area contributed by atoms with Gasteiger partial charge in [-0.25, -0.2) is 4.79 Å². The van der Waals surface area contributed by atoms with Gasteiger partial charge in [-0.1, -0.05) is 64.8 Å². The van der Waals surface area contributed by atoms with Crippen LogP contribution in [0.4, 0.5) is 4.79 Å². The largest absolute Gasteiger partial charge is 0.444 e. The summed E-state index contributed by atoms with van der Waals surface area (Å²) in [6, 6.07) is 7.52. The Morgan fingerprint density at radius 1 is 1.09 bits per heavy atom. The Balaban J connectivity index is 3.34. The number of hydrogen-bond donors (Lipinski definition) is 2. The Morgan fingerprint density at radius 3 is 2.20 bits per heavy atom. The number of carbonyl (C=O) groups is 3. The molecule has 2 atom stereocenters. The van der Waals surface area contributed by atoms with Crippen LogP contribution in [0, 0.1) is 17.2 Å². The third-order valence-corrected chi connectivity index (χ3v) is 5.47. The molecule has 35 heavy (non-hydrogen) atoms. The van der Waals surface area contributed by atoms with Gasteiger partial charge in [0.2, 0.25) is 11.8 Å². The van der Waals surface area contributed by atoms with Crippen molar-refractivity contribution in [1.29, 1.82) is 5.26 Å². The van der Waals surface area contributed by atoms with Crippen molar-refractivity contribution in [3.8, 4) is 6.07 Å². The molecule has 8 nitrogen and oxygen atoms in total. The first kappa shape index (κ1) is 30.0. The van der Waals surface area contributed by atoms with Gasteiger partial charge in [0.25, 0.3) is 0 Å². The number of hydrogen-bond acceptors (Lipinski definition) is 5. The van der Waals surface area contributed by atoms with Crippen LogP contribution in [0.25, 0.3) is 0 Å². The van der Waals surface area contributed by atoms with Gasteiger partial charge >= 0.3 is 6.09 Å². The number of amides is 3. The average Bonchev–Trinajstić information content (AvgIpc) is 2.78. The van der Waals surface area contributed by atoms with E-state index in [-0.39, 0.29) is 18.4 Å². The standard InChI is InChI=1S/C27H42N4O4/c1-8-10-11-17-29-24(32)23(21-14-12-20(9-2)13-15-21)31(18-16-28)25(33)22(19(3)4)30-26(34)35-27(5,6)7/h12-15,19,22-23H,8-11,17-18H2,1-7H3,(H,29,32)(H,30,34). The van der Waals surface area contributed by atoms with Gasteiger partial charge in [0.1, 0.15) is 24.2 Å². The third-order valence-electron chi connectivity index (χ3n) is 5.47. The summed E-state index contributed by atoms with van der Waals surface area (Å²) in [5.41, 5.74) is 0.974. The minimum Gasteiger partial charge on any atom is -0.444 e. The van der Waals surface area contributed by atoms with E-state index in [1.807, 2.05) is 37.3 Å². The van der Waals surface area contributed by atoms with Crippen LogP contribution in [0.5, 0.6) is 0 Å². The minimum absolute atomic E-state index is 0.299. The average molecular weight is 487 g/mol. The van der Waals surface area contributed by atoms with Crippen LogP contribution in [0.3, 0.4) is 0 Å². The van der Waals surface area contributed by atoms with Crippen LogP contribution in [-0.2, 0) is 20.7 Å². The van der Waals surface area contributed by atoms with Crippen LogP contribution >= 0.6 is 0 Å². The number of aryl methyl sites for hydroxylation is 1. The lowest BCUT2D eigenvalue weighted by Crippen LogP contribution is -2.55. The summed E-state index contributed by atoms with van der Waals surface area (Å²) < 4.78 is 5.34. The fourth-order valence-corrected chi connectivity index (χ4v) is 3.59. The molecular weight excluding hydrogens is 444 g/mol. The number of carbonyl (C=O) groups excluding carboxylic acids is 3. The molecule has 0 aliphatic carbocycles. The lowest BCUT2D eigenvalue weighted by Gasteiger charge is -2.34. The summed E-state index contributed by atoms with van der Waals surface area (Å²) >= 11 is 0. The van der Waals surface area contributed by atoms with E-state index >= 15 is 0 Å². The third kappa shape index (κ3) is 9.97. The molecule has 0 aromatic heterocycles. The Hall–Kier alpha value is -3.08. The summed E-state index contributed by atoms with van der Waals surface area (Å²) in [6.45, 7) is 13.1. The number of rotatable bonds is 12. The molecule has 0 heterocycles. The number of nitrogens with one attached hydrogen (secondary N) is 2. The predicted octanol–water partition coefficient (Wildman–Crippen LogP) is 4.50. The Bertz CT molecular complexity index is 869. The van der Waals surface area contributed by atoms with E-state index in [9.17, 15) is 19.6 Å². The number of alkyl carbamates (subject to hydrolysis) is 1. The van der Waals surface area contributed by atoms with E-state index in [4.69, 9.17) is 4.74 Å². The second-order valence-electron chi connectivity index (χ2n) is 9.99. The van der Waals surface area contributed by atoms with Gasteiger partial charge in [-0.05, 0) is 50.7 Å². The molecule has 2 unspecified atom stereocenters. The summed E-state index contributed by atoms with van der Waals surface area (Å²) in [6.07, 6.45) is 2.93. The summed E-state index contributed by atoms with van der Waals surface area (Å²) in [5.74, 6) is -1.17. The van der Waals surface area contributed by atoms with E-state index in [0.29, 0.717) is 12.1 Å². The highest BCUT2D eigenvalue weighted by Gasteiger charge is 2.37. The van der Waals surface area contributed by atoms with Crippen molar-refractivity contribution in [2.45, 2.75) is 91.8 Å². The van der Waals surface area contributed by atoms with Crippen molar-refractivity contribution in [3.05, 3.63) is 35.4 Å². The second kappa shape index (κ2) is 14.3. The molecule has 0 aliphatic heterocycles. The Labute approximate surface area is 210 Å². The number of nitrogens with zero attached hydrogens (tertiary/aromatic N) is 2. The highest BCUT2D eigenvalue weighted by atomic mass is 16.6. The number of unbranched alkanes of at least 4 members (excludes halogenated alkanes) is 2. The van der Waals surface area contributed by atoms with Crippen LogP contribution in [0.15, 0.2) is 24.3 Å². The summed E-state index contributed by atoms with van der Waals surface area (Å²) in [5, 5.41) is 15.1. The first-order valence-corrected chi connectivity index (χ1v) is 12.5. The molecule has 8 heteroatoms. The van der Waals surface area contributed by atoms with Crippen molar-refractivity contribution in [2.75, 3.05) is 13.1 Å². The van der Waals surface area contributed by atoms with Crippen molar-refractivity contribution in [1.82, 2.24) is 15.5 Å². The molecule has 3 amide bonds. The van der Waals surface area contributed by atoms with Gasteiger partial charge in [-0.15, -0.1) is 0 Å². The van der Waals surface area contributed by atoms with Crippen LogP contribution in [-0.4, -0.2) is 47.5 Å². The molecule has 1 rings (SSSR count). The van der Waals surface area contributed by atoms with Crippen molar-refractivity contribution < 1.29 is 19.1 Å². The molecule has 1 aromatic carbocycles. The summed E-state index contributed by atoms with van der Waals surface area (Å²) in [7, 11) is 0. The SMILES string of the molecule is CCCCCNC(=O)C(c1ccc(CC)cc1)N(CC#N)C(=O)C(NC(=O)OC(C)(C)C)C(C)C. The van der Waals surface area contributed by atoms with Crippen molar-refractivity contribution >= 4 is 17.9 Å². The first-order valence-electron chi connectivity index (χ1n) is 12.5. The zero-order valence-corrected chi connectivity index (χ0v) is 22.3. The molecule has 0 fully saturated rings. The molecule has 1 aromatic rings. The minimum atomic E-state index is -1.00. The number of nitriles is 1. The Morgan fingerprint density at radius 2 is 1.71 bits per heavy atom. The molecule has 0 radical (unpaired) electrons. The molecule has 0 bridgehead atoms. The molecule has 2 N–H and O–H groups in total. The fourth-order valence-electron chi connectivity index (χ4n) is 3.59. The highest BCUT2D eigenvalue weighted by molar-refractivity contribution is 5.92. The maximum Gasteiger partial charge on any atom is 0.408 e. The van der Waals surface area contributed by atoms with Crippen molar-refractivity contribution in [2.24, 2.45) is 5.92 Å². The molecule has 0 saturated carbocycles. The first-order chi connectivity index (χ1) is 16.4. The van der Waals surface area contributed by atoms with Gasteiger partial charge in [-0.3, -0.25) is 9.59 Å². The van der Waals surface area contributed by atoms with E-state index in [0.717, 1.165) is 31.2 Å². The lowest BCUT2D eigenvalue weighted by atomic mass is 9.98. The van der Waals surface area contributed by atoms with E-state index in [1.165, 1.54) is 4.90 Å². The summed E-state index contributed by atoms with van der Waals surface area (Å²) in [4.78, 5) is 40.8. The topological polar surface area (TPSA) is 112 Å². The molecule has 0 aliphatic rings. The second-order valence-corrected chi connectivity index (χ2v) is 9.99. The molecule has 0 spiro atoms. The highest BCUT2D eigenvalue weighted by Crippen LogP contribution is 2.24. The van der Waals surface area contributed by atoms with Gasteiger partial charge in [0, 0.05) is 6.54 Å². The zero-order valence-electron chi connectivity index (χ0n) is 22.3. The van der Waals surface area contributed by atoms with Crippen LogP contribution in [0.1, 0.15) is 84.9 Å². The number of benzene rings is 1. The van der Waals surface area contributed by atoms with Gasteiger partial charge in [-0.2, -0.15) is 5.26 Å².